The molecule has 37 heavy (non-hydrogen) atoms. The monoisotopic (exact) mass is 543 g/mol. The smallest absolute Gasteiger partial charge is 0.274 e. The van der Waals surface area contributed by atoms with Crippen LogP contribution >= 0.6 is 11.3 Å². The Labute approximate surface area is 221 Å². The van der Waals surface area contributed by atoms with E-state index in [2.05, 4.69) is 27.0 Å². The summed E-state index contributed by atoms with van der Waals surface area (Å²) in [5.74, 6) is 1.00. The van der Waals surface area contributed by atoms with Gasteiger partial charge in [-0.15, -0.1) is 0 Å². The van der Waals surface area contributed by atoms with Gasteiger partial charge in [-0.2, -0.15) is 4.31 Å². The van der Waals surface area contributed by atoms with E-state index in [9.17, 15) is 8.42 Å². The van der Waals surface area contributed by atoms with Gasteiger partial charge in [0.15, 0.2) is 0 Å². The maximum Gasteiger partial charge on any atom is 0.274 e. The maximum absolute atomic E-state index is 12.5. The van der Waals surface area contributed by atoms with E-state index in [1.54, 1.807) is 21.8 Å². The van der Waals surface area contributed by atoms with E-state index in [1.165, 1.54) is 0 Å². The lowest BCUT2D eigenvalue weighted by Gasteiger charge is -2.32. The number of ether oxygens (including phenoxy) is 1. The molecule has 0 aliphatic carbocycles. The summed E-state index contributed by atoms with van der Waals surface area (Å²) < 4.78 is 33.9. The van der Waals surface area contributed by atoms with Crippen molar-refractivity contribution in [2.45, 2.75) is 45.1 Å². The number of aromatic nitrogens is 3. The molecule has 0 atom stereocenters. The highest BCUT2D eigenvalue weighted by Crippen LogP contribution is 2.33. The third kappa shape index (κ3) is 6.28. The van der Waals surface area contributed by atoms with Crippen LogP contribution in [-0.2, 0) is 10.0 Å². The van der Waals surface area contributed by atoms with Crippen LogP contribution in [0.5, 0.6) is 5.19 Å². The van der Waals surface area contributed by atoms with Crippen LogP contribution in [0, 0.1) is 6.92 Å². The lowest BCUT2D eigenvalue weighted by molar-refractivity contribution is 0.170. The van der Waals surface area contributed by atoms with Gasteiger partial charge in [0, 0.05) is 45.6 Å². The van der Waals surface area contributed by atoms with E-state index in [4.69, 9.17) is 14.8 Å². The molecule has 2 aliphatic rings. The molecule has 9 nitrogen and oxygen atoms in total. The van der Waals surface area contributed by atoms with Gasteiger partial charge in [-0.1, -0.05) is 23.5 Å². The molecule has 1 aromatic carbocycles. The molecule has 0 spiro atoms. The Kier molecular flexibility index (Phi) is 8.04. The lowest BCUT2D eigenvalue weighted by atomic mass is 10.0. The Bertz CT molecular complexity index is 1350. The average Bonchev–Trinajstić information content (AvgIpc) is 3.31. The number of thiazole rings is 1. The molecule has 1 N–H and O–H groups in total. The van der Waals surface area contributed by atoms with Crippen molar-refractivity contribution in [1.82, 2.24) is 19.3 Å². The van der Waals surface area contributed by atoms with Crippen LogP contribution in [0.2, 0.25) is 0 Å². The molecule has 1 fully saturated rings. The second kappa shape index (κ2) is 11.4. The van der Waals surface area contributed by atoms with Crippen molar-refractivity contribution in [3.63, 3.8) is 0 Å². The third-order valence-corrected chi connectivity index (χ3v) is 9.75. The van der Waals surface area contributed by atoms with Crippen LogP contribution in [0.15, 0.2) is 36.7 Å². The summed E-state index contributed by atoms with van der Waals surface area (Å²) in [4.78, 5) is 15.8. The highest BCUT2D eigenvalue weighted by Gasteiger charge is 2.25. The minimum atomic E-state index is -3.28. The van der Waals surface area contributed by atoms with Gasteiger partial charge in [-0.05, 0) is 49.5 Å². The number of aliphatic hydroxyl groups excluding tert-OH is 1. The fourth-order valence-electron chi connectivity index (χ4n) is 4.74. The molecule has 2 aromatic heterocycles. The fourth-order valence-corrected chi connectivity index (χ4v) is 7.16. The quantitative estimate of drug-likeness (QED) is 0.408. The highest BCUT2D eigenvalue weighted by atomic mass is 32.2. The van der Waals surface area contributed by atoms with Crippen molar-refractivity contribution >= 4 is 43.0 Å². The Balaban J connectivity index is 1.18. The number of rotatable bonds is 9. The van der Waals surface area contributed by atoms with Crippen molar-refractivity contribution < 1.29 is 18.3 Å². The summed E-state index contributed by atoms with van der Waals surface area (Å²) in [5, 5.41) is 9.61. The average molecular weight is 544 g/mol. The SMILES string of the molecule is Cc1cnc(N2CCC(Oc3nc4ccc(C5=CCN(S(=O)(=O)CCCCO)CC5)cc4s3)CC2)cn1. The van der Waals surface area contributed by atoms with E-state index in [0.717, 1.165) is 58.8 Å². The second-order valence-electron chi connectivity index (χ2n) is 9.57. The number of benzene rings is 1. The van der Waals surface area contributed by atoms with Crippen molar-refractivity contribution in [2.75, 3.05) is 43.4 Å². The summed E-state index contributed by atoms with van der Waals surface area (Å²) in [6.07, 6.45) is 9.26. The first kappa shape index (κ1) is 26.0. The van der Waals surface area contributed by atoms with Crippen LogP contribution < -0.4 is 9.64 Å². The summed E-state index contributed by atoms with van der Waals surface area (Å²) in [6, 6.07) is 6.21. The van der Waals surface area contributed by atoms with Gasteiger partial charge in [0.25, 0.3) is 5.19 Å². The summed E-state index contributed by atoms with van der Waals surface area (Å²) >= 11 is 1.56. The van der Waals surface area contributed by atoms with Gasteiger partial charge >= 0.3 is 0 Å². The molecule has 0 amide bonds. The minimum absolute atomic E-state index is 0.0231. The second-order valence-corrected chi connectivity index (χ2v) is 12.6. The first-order valence-electron chi connectivity index (χ1n) is 12.8. The normalized spacial score (nSPS) is 17.8. The third-order valence-electron chi connectivity index (χ3n) is 6.92. The lowest BCUT2D eigenvalue weighted by Crippen LogP contribution is -2.38. The number of sulfonamides is 1. The molecule has 0 unspecified atom stereocenters. The Morgan fingerprint density at radius 3 is 2.68 bits per heavy atom. The minimum Gasteiger partial charge on any atom is -0.467 e. The number of anilines is 1. The molecule has 0 bridgehead atoms. The van der Waals surface area contributed by atoms with Gasteiger partial charge in [0.05, 0.1) is 34.1 Å². The number of aliphatic hydroxyl groups is 1. The van der Waals surface area contributed by atoms with Gasteiger partial charge in [-0.3, -0.25) is 4.98 Å². The zero-order valence-electron chi connectivity index (χ0n) is 21.0. The first-order chi connectivity index (χ1) is 17.9. The number of fused-ring (bicyclic) bond motifs is 1. The van der Waals surface area contributed by atoms with Gasteiger partial charge in [-0.25, -0.2) is 18.4 Å². The van der Waals surface area contributed by atoms with Crippen LogP contribution in [0.4, 0.5) is 5.82 Å². The summed E-state index contributed by atoms with van der Waals surface area (Å²) in [5.41, 5.74) is 4.10. The van der Waals surface area contributed by atoms with Crippen LogP contribution in [-0.4, -0.2) is 77.4 Å². The zero-order valence-corrected chi connectivity index (χ0v) is 22.7. The molecule has 3 aromatic rings. The number of hydrogen-bond acceptors (Lipinski definition) is 9. The van der Waals surface area contributed by atoms with Crippen molar-refractivity contribution in [3.05, 3.63) is 47.9 Å². The van der Waals surface area contributed by atoms with E-state index in [0.29, 0.717) is 37.5 Å². The number of nitrogens with zero attached hydrogens (tertiary/aromatic N) is 5. The summed E-state index contributed by atoms with van der Waals surface area (Å²) in [7, 11) is -3.28. The molecule has 11 heteroatoms. The Morgan fingerprint density at radius 1 is 1.14 bits per heavy atom. The number of hydrogen-bond donors (Lipinski definition) is 1. The molecule has 0 saturated carbocycles. The van der Waals surface area contributed by atoms with E-state index in [-0.39, 0.29) is 18.5 Å². The fraction of sp³-hybridized carbons (Fsp3) is 0.500. The maximum atomic E-state index is 12.5. The Hall–Kier alpha value is -2.60. The standard InChI is InChI=1S/C26H33N5O4S2/c1-19-17-28-25(18-27-19)30-10-8-22(9-11-30)35-26-29-23-5-4-21(16-24(23)36-26)20-6-12-31(13-7-20)37(33,34)15-3-2-14-32/h4-6,16-18,22,32H,2-3,7-15H2,1H3. The van der Waals surface area contributed by atoms with Gasteiger partial charge in [0.2, 0.25) is 10.0 Å². The summed E-state index contributed by atoms with van der Waals surface area (Å²) in [6.45, 7) is 4.58. The first-order valence-corrected chi connectivity index (χ1v) is 15.2. The predicted molar refractivity (Wildman–Crippen MR) is 147 cm³/mol. The number of piperidine rings is 1. The molecule has 2 aliphatic heterocycles. The number of aryl methyl sites for hydroxylation is 1. The topological polar surface area (TPSA) is 109 Å². The largest absolute Gasteiger partial charge is 0.467 e. The molecule has 5 rings (SSSR count). The van der Waals surface area contributed by atoms with E-state index < -0.39 is 10.0 Å². The van der Waals surface area contributed by atoms with Crippen molar-refractivity contribution in [3.8, 4) is 5.19 Å². The Morgan fingerprint density at radius 2 is 1.97 bits per heavy atom. The highest BCUT2D eigenvalue weighted by molar-refractivity contribution is 7.89. The van der Waals surface area contributed by atoms with Crippen molar-refractivity contribution in [1.29, 1.82) is 0 Å². The molecule has 0 radical (unpaired) electrons. The van der Waals surface area contributed by atoms with Crippen LogP contribution in [0.3, 0.4) is 0 Å². The van der Waals surface area contributed by atoms with Crippen molar-refractivity contribution in [2.24, 2.45) is 0 Å². The van der Waals surface area contributed by atoms with Gasteiger partial charge < -0.3 is 14.7 Å². The molecule has 1 saturated heterocycles. The van der Waals surface area contributed by atoms with Crippen LogP contribution in [0.25, 0.3) is 15.8 Å². The molecule has 198 valence electrons. The zero-order chi connectivity index (χ0) is 25.8. The number of unbranched alkanes of at least 4 members (excludes halogenated alkanes) is 1. The molecular formula is C26H33N5O4S2. The van der Waals surface area contributed by atoms with Crippen LogP contribution in [0.1, 0.15) is 43.4 Å². The molecule has 4 heterocycles. The van der Waals surface area contributed by atoms with E-state index in [1.807, 2.05) is 25.3 Å². The van der Waals surface area contributed by atoms with E-state index >= 15 is 0 Å². The molecular weight excluding hydrogens is 510 g/mol. The predicted octanol–water partition coefficient (Wildman–Crippen LogP) is 3.63. The van der Waals surface area contributed by atoms with Gasteiger partial charge in [0.1, 0.15) is 11.9 Å².